The third-order valence-corrected chi connectivity index (χ3v) is 5.52. The average molecular weight is 436 g/mol. The van der Waals surface area contributed by atoms with Gasteiger partial charge in [0.15, 0.2) is 6.61 Å². The van der Waals surface area contributed by atoms with Crippen molar-refractivity contribution in [2.45, 2.75) is 11.5 Å². The molecule has 0 aliphatic rings. The molecule has 156 valence electrons. The molecule has 0 fully saturated rings. The van der Waals surface area contributed by atoms with Gasteiger partial charge in [0.1, 0.15) is 0 Å². The van der Waals surface area contributed by atoms with Crippen molar-refractivity contribution in [2.75, 3.05) is 4.72 Å². The number of hydrogen-bond donors (Lipinski definition) is 1. The van der Waals surface area contributed by atoms with Crippen LogP contribution in [0.1, 0.15) is 16.2 Å². The SMILES string of the molecule is O=C(OCc1nc(-c2cccnc2)no1)c1cccc(NS(=O)(=O)c2ccccc2)c1. The molecular formula is C21H16N4O5S. The molecule has 31 heavy (non-hydrogen) atoms. The van der Waals surface area contributed by atoms with Gasteiger partial charge in [0.25, 0.3) is 15.9 Å². The summed E-state index contributed by atoms with van der Waals surface area (Å²) in [6.07, 6.45) is 3.21. The van der Waals surface area contributed by atoms with Gasteiger partial charge in [0.2, 0.25) is 5.82 Å². The maximum atomic E-state index is 12.5. The van der Waals surface area contributed by atoms with Crippen molar-refractivity contribution in [3.8, 4) is 11.4 Å². The Labute approximate surface area is 177 Å². The summed E-state index contributed by atoms with van der Waals surface area (Å²) in [5.41, 5.74) is 1.07. The second kappa shape index (κ2) is 8.76. The van der Waals surface area contributed by atoms with Gasteiger partial charge in [-0.25, -0.2) is 13.2 Å². The lowest BCUT2D eigenvalue weighted by atomic mass is 10.2. The fourth-order valence-electron chi connectivity index (χ4n) is 2.66. The number of nitrogens with one attached hydrogen (secondary N) is 1. The zero-order valence-electron chi connectivity index (χ0n) is 16.0. The van der Waals surface area contributed by atoms with Crippen LogP contribution in [0.3, 0.4) is 0 Å². The molecule has 1 N–H and O–H groups in total. The molecule has 0 atom stereocenters. The molecule has 10 heteroatoms. The Morgan fingerprint density at radius 2 is 1.87 bits per heavy atom. The summed E-state index contributed by atoms with van der Waals surface area (Å²) in [6.45, 7) is -0.230. The van der Waals surface area contributed by atoms with Gasteiger partial charge in [-0.3, -0.25) is 9.71 Å². The van der Waals surface area contributed by atoms with E-state index in [0.29, 0.717) is 11.4 Å². The van der Waals surface area contributed by atoms with Gasteiger partial charge in [-0.2, -0.15) is 4.98 Å². The van der Waals surface area contributed by atoms with E-state index in [1.54, 1.807) is 48.8 Å². The average Bonchev–Trinajstić information content (AvgIpc) is 3.28. The number of nitrogens with zero attached hydrogens (tertiary/aromatic N) is 3. The standard InChI is InChI=1S/C21H16N4O5S/c26-21(29-14-19-23-20(24-30-19)16-7-5-11-22-13-16)15-6-4-8-17(12-15)25-31(27,28)18-9-2-1-3-10-18/h1-13,25H,14H2. The molecule has 0 radical (unpaired) electrons. The smallest absolute Gasteiger partial charge is 0.338 e. The molecular weight excluding hydrogens is 420 g/mol. The number of hydrogen-bond acceptors (Lipinski definition) is 8. The molecule has 0 bridgehead atoms. The van der Waals surface area contributed by atoms with Crippen molar-refractivity contribution in [3.05, 3.63) is 90.6 Å². The van der Waals surface area contributed by atoms with Gasteiger partial charge in [0, 0.05) is 23.6 Å². The van der Waals surface area contributed by atoms with E-state index < -0.39 is 16.0 Å². The summed E-state index contributed by atoms with van der Waals surface area (Å²) in [5.74, 6) is -0.216. The van der Waals surface area contributed by atoms with E-state index in [9.17, 15) is 13.2 Å². The van der Waals surface area contributed by atoms with Crippen LogP contribution in [-0.4, -0.2) is 29.5 Å². The first kappa shape index (κ1) is 20.2. The van der Waals surface area contributed by atoms with E-state index in [1.165, 1.54) is 30.3 Å². The summed E-state index contributed by atoms with van der Waals surface area (Å²) in [5, 5.41) is 3.83. The molecule has 0 saturated heterocycles. The van der Waals surface area contributed by atoms with Crippen LogP contribution >= 0.6 is 0 Å². The van der Waals surface area contributed by atoms with Crippen LogP contribution in [0.15, 0.2) is 88.5 Å². The largest absolute Gasteiger partial charge is 0.452 e. The number of aromatic nitrogens is 3. The minimum atomic E-state index is -3.78. The molecule has 0 saturated carbocycles. The Bertz CT molecular complexity index is 1290. The van der Waals surface area contributed by atoms with Crippen LogP contribution in [0.25, 0.3) is 11.4 Å². The molecule has 2 aromatic heterocycles. The maximum Gasteiger partial charge on any atom is 0.338 e. The monoisotopic (exact) mass is 436 g/mol. The first-order chi connectivity index (χ1) is 15.0. The van der Waals surface area contributed by atoms with Crippen molar-refractivity contribution in [3.63, 3.8) is 0 Å². The lowest BCUT2D eigenvalue weighted by Crippen LogP contribution is -2.13. The summed E-state index contributed by atoms with van der Waals surface area (Å²) < 4.78 is 37.6. The molecule has 0 amide bonds. The number of pyridine rings is 1. The van der Waals surface area contributed by atoms with Crippen LogP contribution in [0.4, 0.5) is 5.69 Å². The molecule has 0 aliphatic carbocycles. The van der Waals surface area contributed by atoms with Gasteiger partial charge in [-0.1, -0.05) is 29.4 Å². The molecule has 0 spiro atoms. The quantitative estimate of drug-likeness (QED) is 0.438. The van der Waals surface area contributed by atoms with E-state index >= 15 is 0 Å². The van der Waals surface area contributed by atoms with Crippen molar-refractivity contribution in [1.29, 1.82) is 0 Å². The highest BCUT2D eigenvalue weighted by Gasteiger charge is 2.16. The second-order valence-electron chi connectivity index (χ2n) is 6.33. The number of carbonyl (C=O) groups is 1. The molecule has 2 aromatic carbocycles. The van der Waals surface area contributed by atoms with Crippen molar-refractivity contribution in [2.24, 2.45) is 0 Å². The third kappa shape index (κ3) is 4.93. The van der Waals surface area contributed by atoms with Gasteiger partial charge >= 0.3 is 5.97 Å². The van der Waals surface area contributed by atoms with Gasteiger partial charge in [0.05, 0.1) is 10.5 Å². The molecule has 4 rings (SSSR count). The lowest BCUT2D eigenvalue weighted by molar-refractivity contribution is 0.0430. The Kier molecular flexibility index (Phi) is 5.72. The minimum absolute atomic E-state index is 0.115. The number of anilines is 1. The molecule has 4 aromatic rings. The van der Waals surface area contributed by atoms with Gasteiger partial charge in [-0.05, 0) is 42.5 Å². The van der Waals surface area contributed by atoms with Gasteiger partial charge in [-0.15, -0.1) is 0 Å². The van der Waals surface area contributed by atoms with Crippen LogP contribution in [-0.2, 0) is 21.4 Å². The third-order valence-electron chi connectivity index (χ3n) is 4.12. The second-order valence-corrected chi connectivity index (χ2v) is 8.01. The van der Waals surface area contributed by atoms with Crippen LogP contribution in [0.5, 0.6) is 0 Å². The highest BCUT2D eigenvalue weighted by atomic mass is 32.2. The number of benzene rings is 2. The zero-order valence-corrected chi connectivity index (χ0v) is 16.8. The summed E-state index contributed by atoms with van der Waals surface area (Å²) in [7, 11) is -3.78. The van der Waals surface area contributed by atoms with E-state index in [2.05, 4.69) is 19.8 Å². The lowest BCUT2D eigenvalue weighted by Gasteiger charge is -2.09. The summed E-state index contributed by atoms with van der Waals surface area (Å²) in [4.78, 5) is 20.6. The number of rotatable bonds is 7. The van der Waals surface area contributed by atoms with Crippen LogP contribution in [0, 0.1) is 0 Å². The van der Waals surface area contributed by atoms with E-state index in [4.69, 9.17) is 9.26 Å². The molecule has 0 aliphatic heterocycles. The Morgan fingerprint density at radius 1 is 1.03 bits per heavy atom. The normalized spacial score (nSPS) is 11.1. The van der Waals surface area contributed by atoms with E-state index in [-0.39, 0.29) is 28.6 Å². The predicted octanol–water partition coefficient (Wildman–Crippen LogP) is 3.29. The number of sulfonamides is 1. The molecule has 2 heterocycles. The highest BCUT2D eigenvalue weighted by molar-refractivity contribution is 7.92. The van der Waals surface area contributed by atoms with Crippen molar-refractivity contribution in [1.82, 2.24) is 15.1 Å². The maximum absolute atomic E-state index is 12.5. The highest BCUT2D eigenvalue weighted by Crippen LogP contribution is 2.18. The Balaban J connectivity index is 1.41. The summed E-state index contributed by atoms with van der Waals surface area (Å²) in [6, 6.07) is 17.4. The molecule has 9 nitrogen and oxygen atoms in total. The van der Waals surface area contributed by atoms with Gasteiger partial charge < -0.3 is 9.26 Å². The Hall–Kier alpha value is -4.05. The van der Waals surface area contributed by atoms with Crippen molar-refractivity contribution >= 4 is 21.7 Å². The predicted molar refractivity (Wildman–Crippen MR) is 110 cm³/mol. The fraction of sp³-hybridized carbons (Fsp3) is 0.0476. The summed E-state index contributed by atoms with van der Waals surface area (Å²) >= 11 is 0. The van der Waals surface area contributed by atoms with Crippen LogP contribution < -0.4 is 4.72 Å². The van der Waals surface area contributed by atoms with E-state index in [0.717, 1.165) is 0 Å². The fourth-order valence-corrected chi connectivity index (χ4v) is 3.73. The number of ether oxygens (including phenoxy) is 1. The van der Waals surface area contributed by atoms with Crippen LogP contribution in [0.2, 0.25) is 0 Å². The first-order valence-electron chi connectivity index (χ1n) is 9.09. The minimum Gasteiger partial charge on any atom is -0.452 e. The zero-order chi connectivity index (χ0) is 21.7. The Morgan fingerprint density at radius 3 is 2.65 bits per heavy atom. The topological polar surface area (TPSA) is 124 Å². The van der Waals surface area contributed by atoms with E-state index in [1.807, 2.05) is 0 Å². The number of carbonyl (C=O) groups excluding carboxylic acids is 1. The first-order valence-corrected chi connectivity index (χ1v) is 10.6. The number of esters is 1. The molecule has 0 unspecified atom stereocenters. The van der Waals surface area contributed by atoms with Crippen molar-refractivity contribution < 1.29 is 22.5 Å².